The van der Waals surface area contributed by atoms with E-state index >= 15 is 0 Å². The molecule has 3 N–H and O–H groups in total. The molecule has 1 unspecified atom stereocenters. The number of carbonyl (C=O) groups is 1. The van der Waals surface area contributed by atoms with E-state index in [1.807, 2.05) is 19.9 Å². The minimum Gasteiger partial charge on any atom is -0.328 e. The molecule has 3 rings (SSSR count). The smallest absolute Gasteiger partial charge is 0.319 e. The summed E-state index contributed by atoms with van der Waals surface area (Å²) in [6.07, 6.45) is 1.36. The molecule has 130 valence electrons. The number of hydrogen-bond acceptors (Lipinski definition) is 4. The number of halogens is 1. The van der Waals surface area contributed by atoms with Crippen molar-refractivity contribution in [2.24, 2.45) is 0 Å². The van der Waals surface area contributed by atoms with Crippen molar-refractivity contribution in [3.8, 4) is 5.69 Å². The summed E-state index contributed by atoms with van der Waals surface area (Å²) in [7, 11) is 0. The second kappa shape index (κ2) is 6.71. The van der Waals surface area contributed by atoms with Gasteiger partial charge in [-0.05, 0) is 45.0 Å². The van der Waals surface area contributed by atoms with Gasteiger partial charge >= 0.3 is 6.03 Å². The molecule has 0 saturated carbocycles. The van der Waals surface area contributed by atoms with Crippen molar-refractivity contribution in [1.82, 2.24) is 30.3 Å². The van der Waals surface area contributed by atoms with Crippen LogP contribution in [0, 0.1) is 19.7 Å². The maximum atomic E-state index is 14.4. The number of aromatic amines is 1. The molecule has 3 aromatic rings. The van der Waals surface area contributed by atoms with Gasteiger partial charge in [-0.25, -0.2) is 18.9 Å². The fourth-order valence-electron chi connectivity index (χ4n) is 2.48. The third-order valence-electron chi connectivity index (χ3n) is 3.63. The van der Waals surface area contributed by atoms with E-state index in [-0.39, 0.29) is 6.04 Å². The van der Waals surface area contributed by atoms with E-state index in [9.17, 15) is 9.18 Å². The Morgan fingerprint density at radius 1 is 1.32 bits per heavy atom. The zero-order valence-electron chi connectivity index (χ0n) is 14.0. The normalized spacial score (nSPS) is 12.0. The lowest BCUT2D eigenvalue weighted by molar-refractivity contribution is 0.249. The quantitative estimate of drug-likeness (QED) is 0.678. The topological polar surface area (TPSA) is 101 Å². The molecule has 2 aromatic heterocycles. The second-order valence-corrected chi connectivity index (χ2v) is 5.70. The van der Waals surface area contributed by atoms with E-state index in [1.165, 1.54) is 17.1 Å². The minimum absolute atomic E-state index is 0.326. The molecule has 0 aliphatic carbocycles. The minimum atomic E-state index is -0.479. The highest BCUT2D eigenvalue weighted by molar-refractivity contribution is 5.89. The van der Waals surface area contributed by atoms with Gasteiger partial charge in [0.05, 0.1) is 11.7 Å². The zero-order chi connectivity index (χ0) is 18.0. The Kier molecular flexibility index (Phi) is 4.46. The maximum absolute atomic E-state index is 14.4. The van der Waals surface area contributed by atoms with Crippen molar-refractivity contribution in [3.63, 3.8) is 0 Å². The zero-order valence-corrected chi connectivity index (χ0v) is 14.0. The molecule has 0 radical (unpaired) electrons. The molecular formula is C16H18FN7O. The fourth-order valence-corrected chi connectivity index (χ4v) is 2.48. The molecule has 0 spiro atoms. The molecular weight excluding hydrogens is 325 g/mol. The summed E-state index contributed by atoms with van der Waals surface area (Å²) in [5.41, 5.74) is 2.30. The number of amides is 2. The fraction of sp³-hybridized carbons (Fsp3) is 0.250. The summed E-state index contributed by atoms with van der Waals surface area (Å²) in [5.74, 6) is 0.0495. The first-order valence-electron chi connectivity index (χ1n) is 7.70. The number of aryl methyl sites for hydroxylation is 2. The molecule has 9 heteroatoms. The lowest BCUT2D eigenvalue weighted by atomic mass is 10.2. The first-order valence-corrected chi connectivity index (χ1v) is 7.70. The van der Waals surface area contributed by atoms with Gasteiger partial charge in [-0.2, -0.15) is 10.2 Å². The Bertz CT molecular complexity index is 888. The van der Waals surface area contributed by atoms with Gasteiger partial charge < -0.3 is 10.6 Å². The number of nitrogens with zero attached hydrogens (tertiary/aromatic N) is 4. The van der Waals surface area contributed by atoms with Crippen molar-refractivity contribution < 1.29 is 9.18 Å². The third-order valence-corrected chi connectivity index (χ3v) is 3.63. The van der Waals surface area contributed by atoms with Crippen LogP contribution in [0.3, 0.4) is 0 Å². The molecule has 1 atom stereocenters. The Labute approximate surface area is 143 Å². The molecule has 2 amide bonds. The molecule has 0 aliphatic rings. The highest BCUT2D eigenvalue weighted by Gasteiger charge is 2.14. The number of hydrogen-bond donors (Lipinski definition) is 3. The van der Waals surface area contributed by atoms with E-state index in [2.05, 4.69) is 30.9 Å². The third kappa shape index (κ3) is 3.65. The van der Waals surface area contributed by atoms with E-state index in [0.29, 0.717) is 17.2 Å². The van der Waals surface area contributed by atoms with Crippen molar-refractivity contribution in [1.29, 1.82) is 0 Å². The number of anilines is 1. The van der Waals surface area contributed by atoms with Crippen LogP contribution in [0.2, 0.25) is 0 Å². The highest BCUT2D eigenvalue weighted by atomic mass is 19.1. The average Bonchev–Trinajstić information content (AvgIpc) is 3.17. The predicted octanol–water partition coefficient (Wildman–Crippen LogP) is 2.63. The summed E-state index contributed by atoms with van der Waals surface area (Å²) in [5, 5.41) is 15.9. The number of rotatable bonds is 4. The van der Waals surface area contributed by atoms with Crippen molar-refractivity contribution >= 4 is 11.7 Å². The number of benzene rings is 1. The van der Waals surface area contributed by atoms with E-state index < -0.39 is 11.8 Å². The van der Waals surface area contributed by atoms with Crippen molar-refractivity contribution in [2.45, 2.75) is 26.8 Å². The second-order valence-electron chi connectivity index (χ2n) is 5.70. The predicted molar refractivity (Wildman–Crippen MR) is 89.9 cm³/mol. The molecule has 0 saturated heterocycles. The van der Waals surface area contributed by atoms with Crippen LogP contribution >= 0.6 is 0 Å². The first-order chi connectivity index (χ1) is 11.9. The van der Waals surface area contributed by atoms with Crippen LogP contribution in [0.1, 0.15) is 30.2 Å². The van der Waals surface area contributed by atoms with Crippen molar-refractivity contribution in [2.75, 3.05) is 5.32 Å². The molecule has 1 aromatic carbocycles. The standard InChI is InChI=1S/C16H18FN7O/c1-9-6-10(2)24(23-9)14-5-4-12(7-13(14)17)21-16(25)20-11(3)15-18-8-19-22-15/h4-8,11H,1-3H3,(H,18,19,22)(H2,20,21,25). The maximum Gasteiger partial charge on any atom is 0.319 e. The summed E-state index contributed by atoms with van der Waals surface area (Å²) in [6, 6.07) is 5.48. The Hall–Kier alpha value is -3.23. The van der Waals surface area contributed by atoms with Gasteiger partial charge in [0.1, 0.15) is 17.8 Å². The van der Waals surface area contributed by atoms with Gasteiger partial charge in [0, 0.05) is 11.4 Å². The van der Waals surface area contributed by atoms with Crippen LogP contribution < -0.4 is 10.6 Å². The van der Waals surface area contributed by atoms with Crippen LogP contribution in [-0.4, -0.2) is 31.0 Å². The molecule has 0 fully saturated rings. The van der Waals surface area contributed by atoms with Crippen LogP contribution in [-0.2, 0) is 0 Å². The van der Waals surface area contributed by atoms with Gasteiger partial charge in [0.15, 0.2) is 5.82 Å². The summed E-state index contributed by atoms with van der Waals surface area (Å²) < 4.78 is 15.9. The summed E-state index contributed by atoms with van der Waals surface area (Å²) >= 11 is 0. The van der Waals surface area contributed by atoms with E-state index in [0.717, 1.165) is 11.4 Å². The lowest BCUT2D eigenvalue weighted by Gasteiger charge is -2.13. The Balaban J connectivity index is 1.70. The van der Waals surface area contributed by atoms with Gasteiger partial charge in [0.25, 0.3) is 0 Å². The SMILES string of the molecule is Cc1cc(C)n(-c2ccc(NC(=O)NC(C)c3ncn[nH]3)cc2F)n1. The van der Waals surface area contributed by atoms with Crippen LogP contribution in [0.15, 0.2) is 30.6 Å². The molecule has 8 nitrogen and oxygen atoms in total. The number of urea groups is 1. The number of H-pyrrole nitrogens is 1. The monoisotopic (exact) mass is 343 g/mol. The Morgan fingerprint density at radius 3 is 2.72 bits per heavy atom. The molecule has 25 heavy (non-hydrogen) atoms. The highest BCUT2D eigenvalue weighted by Crippen LogP contribution is 2.20. The number of nitrogens with one attached hydrogen (secondary N) is 3. The largest absolute Gasteiger partial charge is 0.328 e. The molecule has 0 aliphatic heterocycles. The van der Waals surface area contributed by atoms with Crippen LogP contribution in [0.4, 0.5) is 14.9 Å². The number of carbonyl (C=O) groups excluding carboxylic acids is 1. The molecule has 0 bridgehead atoms. The first kappa shape index (κ1) is 16.6. The van der Waals surface area contributed by atoms with Gasteiger partial charge in [-0.1, -0.05) is 0 Å². The van der Waals surface area contributed by atoms with Crippen molar-refractivity contribution in [3.05, 3.63) is 53.6 Å². The van der Waals surface area contributed by atoms with Gasteiger partial charge in [0.2, 0.25) is 0 Å². The van der Waals surface area contributed by atoms with Crippen LogP contribution in [0.25, 0.3) is 5.69 Å². The van der Waals surface area contributed by atoms with E-state index in [4.69, 9.17) is 0 Å². The lowest BCUT2D eigenvalue weighted by Crippen LogP contribution is -2.31. The molecule has 2 heterocycles. The summed E-state index contributed by atoms with van der Waals surface area (Å²) in [4.78, 5) is 16.0. The van der Waals surface area contributed by atoms with Gasteiger partial charge in [-0.3, -0.25) is 5.10 Å². The number of aromatic nitrogens is 5. The van der Waals surface area contributed by atoms with E-state index in [1.54, 1.807) is 19.1 Å². The Morgan fingerprint density at radius 2 is 2.12 bits per heavy atom. The van der Waals surface area contributed by atoms with Crippen LogP contribution in [0.5, 0.6) is 0 Å². The van der Waals surface area contributed by atoms with Gasteiger partial charge in [-0.15, -0.1) is 0 Å². The average molecular weight is 343 g/mol. The summed E-state index contributed by atoms with van der Waals surface area (Å²) in [6.45, 7) is 5.45.